The van der Waals surface area contributed by atoms with E-state index in [2.05, 4.69) is 30.9 Å². The Kier molecular flexibility index (Phi) is 4.16. The molecule has 1 fully saturated rings. The normalized spacial score (nSPS) is 20.2. The molecule has 5 nitrogen and oxygen atoms in total. The van der Waals surface area contributed by atoms with Gasteiger partial charge in [0.2, 0.25) is 5.82 Å². The van der Waals surface area contributed by atoms with Crippen LogP contribution >= 0.6 is 0 Å². The summed E-state index contributed by atoms with van der Waals surface area (Å²) in [5, 5.41) is 4.08. The molecule has 0 aliphatic carbocycles. The Morgan fingerprint density at radius 3 is 2.95 bits per heavy atom. The van der Waals surface area contributed by atoms with E-state index in [1.165, 1.54) is 0 Å². The Balaban J connectivity index is 1.76. The third-order valence-electron chi connectivity index (χ3n) is 3.75. The highest BCUT2D eigenvalue weighted by molar-refractivity contribution is 5.56. The standard InChI is InChI=1S/C17H22N2O3/c1-4-10-20-13-7-5-6-12(11-13)15-18-16(22-19-15)14-8-9-17(2,3)21-14/h5-7,11,14H,4,8-10H2,1-3H3. The second kappa shape index (κ2) is 6.08. The van der Waals surface area contributed by atoms with E-state index < -0.39 is 0 Å². The van der Waals surface area contributed by atoms with Gasteiger partial charge >= 0.3 is 0 Å². The number of aromatic nitrogens is 2. The van der Waals surface area contributed by atoms with E-state index in [0.717, 1.165) is 30.6 Å². The summed E-state index contributed by atoms with van der Waals surface area (Å²) in [5.74, 6) is 1.95. The van der Waals surface area contributed by atoms with Crippen molar-refractivity contribution in [3.8, 4) is 17.1 Å². The van der Waals surface area contributed by atoms with E-state index >= 15 is 0 Å². The molecular formula is C17H22N2O3. The van der Waals surface area contributed by atoms with Gasteiger partial charge in [-0.05, 0) is 45.2 Å². The Morgan fingerprint density at radius 2 is 2.23 bits per heavy atom. The smallest absolute Gasteiger partial charge is 0.256 e. The van der Waals surface area contributed by atoms with Crippen molar-refractivity contribution in [1.29, 1.82) is 0 Å². The Labute approximate surface area is 130 Å². The van der Waals surface area contributed by atoms with Crippen molar-refractivity contribution in [1.82, 2.24) is 10.1 Å². The van der Waals surface area contributed by atoms with E-state index in [9.17, 15) is 0 Å². The molecule has 1 unspecified atom stereocenters. The van der Waals surface area contributed by atoms with Crippen LogP contribution in [0.25, 0.3) is 11.4 Å². The predicted octanol–water partition coefficient (Wildman–Crippen LogP) is 4.16. The maximum atomic E-state index is 5.94. The van der Waals surface area contributed by atoms with E-state index in [4.69, 9.17) is 14.0 Å². The molecule has 1 aliphatic rings. The first kappa shape index (κ1) is 15.0. The summed E-state index contributed by atoms with van der Waals surface area (Å²) in [6.07, 6.45) is 2.78. The Morgan fingerprint density at radius 1 is 1.36 bits per heavy atom. The molecule has 0 N–H and O–H groups in total. The molecule has 0 saturated carbocycles. The number of rotatable bonds is 5. The van der Waals surface area contributed by atoms with Gasteiger partial charge in [-0.1, -0.05) is 24.2 Å². The second-order valence-corrected chi connectivity index (χ2v) is 6.24. The van der Waals surface area contributed by atoms with Gasteiger partial charge in [0.05, 0.1) is 12.2 Å². The molecule has 1 aromatic carbocycles. The van der Waals surface area contributed by atoms with E-state index in [-0.39, 0.29) is 11.7 Å². The fourth-order valence-corrected chi connectivity index (χ4v) is 2.58. The number of hydrogen-bond donors (Lipinski definition) is 0. The minimum absolute atomic E-state index is 0.101. The minimum atomic E-state index is -0.118. The molecule has 5 heteroatoms. The summed E-state index contributed by atoms with van der Waals surface area (Å²) in [6, 6.07) is 7.75. The SMILES string of the molecule is CCCOc1cccc(-c2noc(C3CCC(C)(C)O3)n2)c1. The van der Waals surface area contributed by atoms with Crippen LogP contribution in [0.15, 0.2) is 28.8 Å². The number of hydrogen-bond acceptors (Lipinski definition) is 5. The third kappa shape index (κ3) is 3.30. The second-order valence-electron chi connectivity index (χ2n) is 6.24. The van der Waals surface area contributed by atoms with Crippen LogP contribution in [0.5, 0.6) is 5.75 Å². The molecule has 1 atom stereocenters. The predicted molar refractivity (Wildman–Crippen MR) is 82.7 cm³/mol. The zero-order chi connectivity index (χ0) is 15.6. The van der Waals surface area contributed by atoms with E-state index in [0.29, 0.717) is 18.3 Å². The van der Waals surface area contributed by atoms with Crippen LogP contribution in [0.2, 0.25) is 0 Å². The van der Waals surface area contributed by atoms with E-state index in [1.54, 1.807) is 0 Å². The zero-order valence-electron chi connectivity index (χ0n) is 13.3. The molecular weight excluding hydrogens is 280 g/mol. The van der Waals surface area contributed by atoms with Gasteiger partial charge in [-0.15, -0.1) is 0 Å². The van der Waals surface area contributed by atoms with Gasteiger partial charge in [-0.3, -0.25) is 0 Å². The van der Waals surface area contributed by atoms with Gasteiger partial charge in [0.1, 0.15) is 11.9 Å². The number of benzene rings is 1. The lowest BCUT2D eigenvalue weighted by atomic mass is 10.1. The monoisotopic (exact) mass is 302 g/mol. The summed E-state index contributed by atoms with van der Waals surface area (Å²) in [4.78, 5) is 4.49. The highest BCUT2D eigenvalue weighted by Gasteiger charge is 2.35. The molecule has 22 heavy (non-hydrogen) atoms. The van der Waals surface area contributed by atoms with Crippen LogP contribution in [0.1, 0.15) is 52.0 Å². The number of ether oxygens (including phenoxy) is 2. The summed E-state index contributed by atoms with van der Waals surface area (Å²) in [6.45, 7) is 6.95. The average Bonchev–Trinajstić information content (AvgIpc) is 3.12. The van der Waals surface area contributed by atoms with Gasteiger partial charge in [-0.25, -0.2) is 0 Å². The quantitative estimate of drug-likeness (QED) is 0.830. The highest BCUT2D eigenvalue weighted by Crippen LogP contribution is 2.38. The molecule has 0 radical (unpaired) electrons. The lowest BCUT2D eigenvalue weighted by Crippen LogP contribution is -2.17. The van der Waals surface area contributed by atoms with Crippen molar-refractivity contribution in [3.05, 3.63) is 30.2 Å². The first-order valence-corrected chi connectivity index (χ1v) is 7.82. The molecule has 1 aromatic heterocycles. The first-order chi connectivity index (χ1) is 10.6. The van der Waals surface area contributed by atoms with Gasteiger partial charge in [0.15, 0.2) is 0 Å². The van der Waals surface area contributed by atoms with Crippen LogP contribution in [-0.2, 0) is 4.74 Å². The molecule has 1 saturated heterocycles. The van der Waals surface area contributed by atoms with Crippen LogP contribution < -0.4 is 4.74 Å². The van der Waals surface area contributed by atoms with Crippen molar-refractivity contribution in [3.63, 3.8) is 0 Å². The third-order valence-corrected chi connectivity index (χ3v) is 3.75. The van der Waals surface area contributed by atoms with Crippen molar-refractivity contribution < 1.29 is 14.0 Å². The highest BCUT2D eigenvalue weighted by atomic mass is 16.5. The summed E-state index contributed by atoms with van der Waals surface area (Å²) >= 11 is 0. The molecule has 118 valence electrons. The molecule has 2 heterocycles. The average molecular weight is 302 g/mol. The van der Waals surface area contributed by atoms with Crippen molar-refractivity contribution in [2.75, 3.05) is 6.61 Å². The molecule has 2 aromatic rings. The number of nitrogens with zero attached hydrogens (tertiary/aromatic N) is 2. The molecule has 3 rings (SSSR count). The zero-order valence-corrected chi connectivity index (χ0v) is 13.3. The van der Waals surface area contributed by atoms with Crippen LogP contribution in [0, 0.1) is 0 Å². The summed E-state index contributed by atoms with van der Waals surface area (Å²) in [7, 11) is 0. The largest absolute Gasteiger partial charge is 0.494 e. The minimum Gasteiger partial charge on any atom is -0.494 e. The fraction of sp³-hybridized carbons (Fsp3) is 0.529. The van der Waals surface area contributed by atoms with Gasteiger partial charge in [0.25, 0.3) is 5.89 Å². The summed E-state index contributed by atoms with van der Waals surface area (Å²) < 4.78 is 17.0. The van der Waals surface area contributed by atoms with Gasteiger partial charge in [0, 0.05) is 5.56 Å². The van der Waals surface area contributed by atoms with Crippen molar-refractivity contribution in [2.45, 2.75) is 51.7 Å². The lowest BCUT2D eigenvalue weighted by molar-refractivity contribution is -0.0292. The van der Waals surface area contributed by atoms with Crippen LogP contribution in [0.3, 0.4) is 0 Å². The van der Waals surface area contributed by atoms with Gasteiger partial charge in [-0.2, -0.15) is 4.98 Å². The van der Waals surface area contributed by atoms with Crippen LogP contribution in [0.4, 0.5) is 0 Å². The Hall–Kier alpha value is -1.88. The maximum absolute atomic E-state index is 5.94. The molecule has 0 amide bonds. The Bertz CT molecular complexity index is 636. The molecule has 0 spiro atoms. The van der Waals surface area contributed by atoms with Crippen molar-refractivity contribution >= 4 is 0 Å². The first-order valence-electron chi connectivity index (χ1n) is 7.82. The lowest BCUT2D eigenvalue weighted by Gasteiger charge is -2.17. The van der Waals surface area contributed by atoms with Crippen molar-refractivity contribution in [2.24, 2.45) is 0 Å². The maximum Gasteiger partial charge on any atom is 0.256 e. The molecule has 0 bridgehead atoms. The van der Waals surface area contributed by atoms with E-state index in [1.807, 2.05) is 24.3 Å². The topological polar surface area (TPSA) is 57.4 Å². The molecule has 1 aliphatic heterocycles. The van der Waals surface area contributed by atoms with Gasteiger partial charge < -0.3 is 14.0 Å². The van der Waals surface area contributed by atoms with Crippen LogP contribution in [-0.4, -0.2) is 22.3 Å². The summed E-state index contributed by atoms with van der Waals surface area (Å²) in [5.41, 5.74) is 0.772. The fourth-order valence-electron chi connectivity index (χ4n) is 2.58.